The normalized spacial score (nSPS) is 10.6. The molecule has 132 valence electrons. The molecule has 0 bridgehead atoms. The fraction of sp³-hybridized carbons (Fsp3) is 0.143. The Kier molecular flexibility index (Phi) is 4.96. The third-order valence-electron chi connectivity index (χ3n) is 4.28. The van der Waals surface area contributed by atoms with Crippen molar-refractivity contribution in [2.75, 3.05) is 5.32 Å². The minimum absolute atomic E-state index is 0.391. The monoisotopic (exact) mass is 366 g/mol. The van der Waals surface area contributed by atoms with Crippen molar-refractivity contribution in [1.82, 2.24) is 4.57 Å². The Bertz CT molecular complexity index is 970. The highest BCUT2D eigenvalue weighted by atomic mass is 35.5. The van der Waals surface area contributed by atoms with Gasteiger partial charge in [-0.25, -0.2) is 0 Å². The standard InChI is InChI=1S/C21H19ClN2O2/c1-13-4-8-17(9-5-13)23-21(26)20(25)19-12-14(2)24(15(19)3)18-10-6-16(22)7-11-18/h4-12H,1-3H3,(H,23,26). The van der Waals surface area contributed by atoms with E-state index in [4.69, 9.17) is 11.6 Å². The van der Waals surface area contributed by atoms with E-state index in [2.05, 4.69) is 5.32 Å². The summed E-state index contributed by atoms with van der Waals surface area (Å²) < 4.78 is 1.93. The largest absolute Gasteiger partial charge is 0.319 e. The smallest absolute Gasteiger partial charge is 0.296 e. The number of carbonyl (C=O) groups is 2. The third-order valence-corrected chi connectivity index (χ3v) is 4.53. The predicted octanol–water partition coefficient (Wildman–Crippen LogP) is 4.88. The molecule has 0 radical (unpaired) electrons. The van der Waals surface area contributed by atoms with Gasteiger partial charge in [0.05, 0.1) is 0 Å². The summed E-state index contributed by atoms with van der Waals surface area (Å²) in [5.74, 6) is -1.20. The molecular formula is C21H19ClN2O2. The number of ketones is 1. The fourth-order valence-corrected chi connectivity index (χ4v) is 3.05. The minimum atomic E-state index is -0.648. The topological polar surface area (TPSA) is 51.1 Å². The van der Waals surface area contributed by atoms with Gasteiger partial charge < -0.3 is 9.88 Å². The van der Waals surface area contributed by atoms with Crippen LogP contribution in [0.4, 0.5) is 5.69 Å². The molecule has 2 aromatic carbocycles. The van der Waals surface area contributed by atoms with Gasteiger partial charge in [-0.15, -0.1) is 0 Å². The molecule has 3 rings (SSSR count). The Balaban J connectivity index is 1.88. The highest BCUT2D eigenvalue weighted by Crippen LogP contribution is 2.23. The molecule has 1 heterocycles. The van der Waals surface area contributed by atoms with Crippen LogP contribution in [0.5, 0.6) is 0 Å². The van der Waals surface area contributed by atoms with E-state index >= 15 is 0 Å². The van der Waals surface area contributed by atoms with E-state index in [9.17, 15) is 9.59 Å². The Morgan fingerprint density at radius 1 is 0.923 bits per heavy atom. The number of Topliss-reactive ketones (excluding diaryl/α,β-unsaturated/α-hetero) is 1. The number of amides is 1. The molecule has 0 atom stereocenters. The molecule has 0 fully saturated rings. The molecule has 1 N–H and O–H groups in total. The van der Waals surface area contributed by atoms with E-state index in [0.29, 0.717) is 22.0 Å². The van der Waals surface area contributed by atoms with Gasteiger partial charge in [0.25, 0.3) is 11.7 Å². The number of hydrogen-bond donors (Lipinski definition) is 1. The second kappa shape index (κ2) is 7.18. The van der Waals surface area contributed by atoms with Crippen LogP contribution in [0.25, 0.3) is 5.69 Å². The number of nitrogens with one attached hydrogen (secondary N) is 1. The summed E-state index contributed by atoms with van der Waals surface area (Å²) in [7, 11) is 0. The van der Waals surface area contributed by atoms with E-state index in [-0.39, 0.29) is 0 Å². The molecule has 3 aromatic rings. The number of carbonyl (C=O) groups excluding carboxylic acids is 2. The van der Waals surface area contributed by atoms with E-state index in [1.165, 1.54) is 0 Å². The molecule has 0 saturated carbocycles. The second-order valence-electron chi connectivity index (χ2n) is 6.25. The first-order valence-electron chi connectivity index (χ1n) is 8.24. The first kappa shape index (κ1) is 18.0. The molecule has 0 saturated heterocycles. The zero-order chi connectivity index (χ0) is 18.8. The third kappa shape index (κ3) is 3.55. The Hall–Kier alpha value is -2.85. The first-order chi connectivity index (χ1) is 12.4. The van der Waals surface area contributed by atoms with E-state index < -0.39 is 11.7 Å². The lowest BCUT2D eigenvalue weighted by molar-refractivity contribution is -0.112. The molecule has 0 aliphatic rings. The number of halogens is 1. The number of anilines is 1. The van der Waals surface area contributed by atoms with E-state index in [1.807, 2.05) is 49.6 Å². The quantitative estimate of drug-likeness (QED) is 0.528. The van der Waals surface area contributed by atoms with E-state index in [0.717, 1.165) is 16.9 Å². The molecule has 5 heteroatoms. The lowest BCUT2D eigenvalue weighted by Crippen LogP contribution is -2.23. The summed E-state index contributed by atoms with van der Waals surface area (Å²) in [6.45, 7) is 5.69. The molecule has 1 aromatic heterocycles. The van der Waals surface area contributed by atoms with Crippen LogP contribution < -0.4 is 5.32 Å². The lowest BCUT2D eigenvalue weighted by Gasteiger charge is -2.10. The number of aromatic nitrogens is 1. The Labute approximate surface area is 157 Å². The maximum Gasteiger partial charge on any atom is 0.296 e. The van der Waals surface area contributed by atoms with Crippen molar-refractivity contribution < 1.29 is 9.59 Å². The van der Waals surface area contributed by atoms with Gasteiger partial charge in [-0.05, 0) is 63.2 Å². The van der Waals surface area contributed by atoms with Gasteiger partial charge >= 0.3 is 0 Å². The first-order valence-corrected chi connectivity index (χ1v) is 8.62. The molecular weight excluding hydrogens is 348 g/mol. The molecule has 4 nitrogen and oxygen atoms in total. The van der Waals surface area contributed by atoms with Crippen molar-refractivity contribution in [1.29, 1.82) is 0 Å². The molecule has 0 aliphatic heterocycles. The molecule has 26 heavy (non-hydrogen) atoms. The number of hydrogen-bond acceptors (Lipinski definition) is 2. The average molecular weight is 367 g/mol. The van der Waals surface area contributed by atoms with Gasteiger partial charge in [-0.1, -0.05) is 29.3 Å². The molecule has 0 aliphatic carbocycles. The van der Waals surface area contributed by atoms with Crippen LogP contribution in [0, 0.1) is 20.8 Å². The van der Waals surface area contributed by atoms with Crippen LogP contribution in [0.1, 0.15) is 27.3 Å². The summed E-state index contributed by atoms with van der Waals surface area (Å²) in [5.41, 5.74) is 4.55. The van der Waals surface area contributed by atoms with Gasteiger partial charge in [0.15, 0.2) is 0 Å². The van der Waals surface area contributed by atoms with Crippen molar-refractivity contribution in [2.24, 2.45) is 0 Å². The molecule has 0 spiro atoms. The minimum Gasteiger partial charge on any atom is -0.319 e. The summed E-state index contributed by atoms with van der Waals surface area (Å²) in [5, 5.41) is 3.30. The maximum absolute atomic E-state index is 12.6. The van der Waals surface area contributed by atoms with Gasteiger partial charge in [-0.2, -0.15) is 0 Å². The Morgan fingerprint density at radius 3 is 2.15 bits per heavy atom. The summed E-state index contributed by atoms with van der Waals surface area (Å²) in [6.07, 6.45) is 0. The number of rotatable bonds is 4. The van der Waals surface area contributed by atoms with Crippen LogP contribution in [0.3, 0.4) is 0 Å². The summed E-state index contributed by atoms with van der Waals surface area (Å²) in [6, 6.07) is 16.4. The average Bonchev–Trinajstić information content (AvgIpc) is 2.91. The number of aryl methyl sites for hydroxylation is 2. The maximum atomic E-state index is 12.6. The van der Waals surface area contributed by atoms with Gasteiger partial charge in [0.1, 0.15) is 0 Å². The fourth-order valence-electron chi connectivity index (χ4n) is 2.93. The SMILES string of the molecule is Cc1ccc(NC(=O)C(=O)c2cc(C)n(-c3ccc(Cl)cc3)c2C)cc1. The van der Waals surface area contributed by atoms with Gasteiger partial charge in [0.2, 0.25) is 0 Å². The highest BCUT2D eigenvalue weighted by molar-refractivity contribution is 6.46. The summed E-state index contributed by atoms with van der Waals surface area (Å²) in [4.78, 5) is 25.0. The predicted molar refractivity (Wildman–Crippen MR) is 104 cm³/mol. The lowest BCUT2D eigenvalue weighted by atomic mass is 10.1. The van der Waals surface area contributed by atoms with Crippen molar-refractivity contribution in [3.63, 3.8) is 0 Å². The van der Waals surface area contributed by atoms with Crippen LogP contribution in [0.15, 0.2) is 54.6 Å². The number of benzene rings is 2. The van der Waals surface area contributed by atoms with Crippen LogP contribution in [-0.2, 0) is 4.79 Å². The van der Waals surface area contributed by atoms with Crippen LogP contribution >= 0.6 is 11.6 Å². The molecule has 0 unspecified atom stereocenters. The van der Waals surface area contributed by atoms with Crippen molar-refractivity contribution >= 4 is 29.0 Å². The van der Waals surface area contributed by atoms with Crippen molar-refractivity contribution in [2.45, 2.75) is 20.8 Å². The second-order valence-corrected chi connectivity index (χ2v) is 6.68. The zero-order valence-electron chi connectivity index (χ0n) is 14.8. The van der Waals surface area contributed by atoms with Crippen molar-refractivity contribution in [3.8, 4) is 5.69 Å². The highest BCUT2D eigenvalue weighted by Gasteiger charge is 2.22. The van der Waals surface area contributed by atoms with Gasteiger partial charge in [0, 0.05) is 33.3 Å². The van der Waals surface area contributed by atoms with Crippen LogP contribution in [-0.4, -0.2) is 16.3 Å². The van der Waals surface area contributed by atoms with Crippen LogP contribution in [0.2, 0.25) is 5.02 Å². The Morgan fingerprint density at radius 2 is 1.54 bits per heavy atom. The number of nitrogens with zero attached hydrogens (tertiary/aromatic N) is 1. The van der Waals surface area contributed by atoms with Crippen molar-refractivity contribution in [3.05, 3.63) is 82.1 Å². The molecule has 1 amide bonds. The summed E-state index contributed by atoms with van der Waals surface area (Å²) >= 11 is 5.95. The van der Waals surface area contributed by atoms with E-state index in [1.54, 1.807) is 30.3 Å². The van der Waals surface area contributed by atoms with Gasteiger partial charge in [-0.3, -0.25) is 9.59 Å². The zero-order valence-corrected chi connectivity index (χ0v) is 15.6.